The van der Waals surface area contributed by atoms with Crippen LogP contribution in [-0.4, -0.2) is 46.2 Å². The molecule has 0 aliphatic rings. The van der Waals surface area contributed by atoms with Crippen molar-refractivity contribution in [1.82, 2.24) is 4.72 Å². The normalized spacial score (nSPS) is 11.0. The lowest BCUT2D eigenvalue weighted by Crippen LogP contribution is -2.26. The number of ether oxygens (including phenoxy) is 2. The highest BCUT2D eigenvalue weighted by Crippen LogP contribution is 2.25. The summed E-state index contributed by atoms with van der Waals surface area (Å²) in [7, 11) is -1.45. The summed E-state index contributed by atoms with van der Waals surface area (Å²) in [6.45, 7) is -0.0414. The Labute approximate surface area is 128 Å². The van der Waals surface area contributed by atoms with Gasteiger partial charge in [0.15, 0.2) is 0 Å². The average Bonchev–Trinajstić information content (AvgIpc) is 2.50. The number of rotatable bonds is 8. The van der Waals surface area contributed by atoms with E-state index in [0.29, 0.717) is 0 Å². The Morgan fingerprint density at radius 3 is 2.50 bits per heavy atom. The molecule has 0 heterocycles. The largest absolute Gasteiger partial charge is 0.495 e. The molecule has 0 aliphatic heterocycles. The van der Waals surface area contributed by atoms with Gasteiger partial charge in [0.1, 0.15) is 10.6 Å². The third-order valence-corrected chi connectivity index (χ3v) is 4.22. The Hall–Kier alpha value is -2.13. The van der Waals surface area contributed by atoms with Crippen LogP contribution in [0.1, 0.15) is 23.2 Å². The van der Waals surface area contributed by atoms with E-state index in [9.17, 15) is 18.0 Å². The van der Waals surface area contributed by atoms with Crippen LogP contribution >= 0.6 is 0 Å². The number of sulfonamides is 1. The lowest BCUT2D eigenvalue weighted by atomic mass is 10.2. The summed E-state index contributed by atoms with van der Waals surface area (Å²) in [6, 6.07) is 3.87. The zero-order valence-corrected chi connectivity index (χ0v) is 13.0. The van der Waals surface area contributed by atoms with Crippen LogP contribution in [0.2, 0.25) is 0 Å². The van der Waals surface area contributed by atoms with E-state index >= 15 is 0 Å². The Morgan fingerprint density at radius 1 is 1.27 bits per heavy atom. The van der Waals surface area contributed by atoms with Gasteiger partial charge in [0, 0.05) is 13.0 Å². The minimum Gasteiger partial charge on any atom is -0.495 e. The van der Waals surface area contributed by atoms with Crippen LogP contribution in [0.4, 0.5) is 0 Å². The second-order valence-electron chi connectivity index (χ2n) is 4.25. The van der Waals surface area contributed by atoms with Crippen molar-refractivity contribution in [2.45, 2.75) is 17.7 Å². The molecule has 2 N–H and O–H groups in total. The van der Waals surface area contributed by atoms with Crippen molar-refractivity contribution in [3.05, 3.63) is 23.8 Å². The van der Waals surface area contributed by atoms with E-state index in [1.165, 1.54) is 26.4 Å². The maximum absolute atomic E-state index is 12.2. The number of hydrogen-bond acceptors (Lipinski definition) is 6. The van der Waals surface area contributed by atoms with Gasteiger partial charge in [-0.05, 0) is 24.6 Å². The second kappa shape index (κ2) is 7.76. The molecule has 0 amide bonds. The van der Waals surface area contributed by atoms with Crippen molar-refractivity contribution < 1.29 is 32.6 Å². The number of nitrogens with one attached hydrogen (secondary N) is 1. The molecule has 0 aliphatic carbocycles. The minimum atomic E-state index is -3.94. The van der Waals surface area contributed by atoms with Gasteiger partial charge in [-0.15, -0.1) is 0 Å². The molecule has 0 saturated carbocycles. The highest BCUT2D eigenvalue weighted by Gasteiger charge is 2.21. The first kappa shape index (κ1) is 17.9. The Balaban J connectivity index is 3.00. The molecule has 22 heavy (non-hydrogen) atoms. The summed E-state index contributed by atoms with van der Waals surface area (Å²) in [5.74, 6) is -1.62. The van der Waals surface area contributed by atoms with Gasteiger partial charge in [-0.3, -0.25) is 4.79 Å². The summed E-state index contributed by atoms with van der Waals surface area (Å²) in [6.07, 6.45) is -0.00454. The molecule has 0 fully saturated rings. The monoisotopic (exact) mass is 331 g/mol. The van der Waals surface area contributed by atoms with Gasteiger partial charge in [0.05, 0.1) is 19.8 Å². The Morgan fingerprint density at radius 2 is 1.95 bits per heavy atom. The first-order valence-corrected chi connectivity index (χ1v) is 7.78. The first-order chi connectivity index (χ1) is 10.3. The molecule has 0 radical (unpaired) electrons. The molecular formula is C13H17NO7S. The molecule has 0 unspecified atom stereocenters. The fraction of sp³-hybridized carbons (Fsp3) is 0.385. The maximum Gasteiger partial charge on any atom is 0.337 e. The number of carboxylic acid groups (broad SMARTS) is 1. The van der Waals surface area contributed by atoms with Gasteiger partial charge >= 0.3 is 11.9 Å². The molecule has 0 spiro atoms. The zero-order chi connectivity index (χ0) is 16.8. The Kier molecular flexibility index (Phi) is 6.32. The van der Waals surface area contributed by atoms with Crippen LogP contribution in [0.25, 0.3) is 0 Å². The third-order valence-electron chi connectivity index (χ3n) is 2.73. The van der Waals surface area contributed by atoms with Gasteiger partial charge in [-0.2, -0.15) is 0 Å². The van der Waals surface area contributed by atoms with Gasteiger partial charge in [-0.25, -0.2) is 17.9 Å². The third kappa shape index (κ3) is 4.71. The molecule has 8 nitrogen and oxygen atoms in total. The van der Waals surface area contributed by atoms with Crippen LogP contribution in [0, 0.1) is 0 Å². The molecule has 1 aromatic carbocycles. The van der Waals surface area contributed by atoms with Crippen molar-refractivity contribution in [1.29, 1.82) is 0 Å². The van der Waals surface area contributed by atoms with Gasteiger partial charge in [-0.1, -0.05) is 0 Å². The van der Waals surface area contributed by atoms with E-state index in [1.54, 1.807) is 0 Å². The molecular weight excluding hydrogens is 314 g/mol. The molecule has 0 saturated heterocycles. The molecule has 0 bridgehead atoms. The summed E-state index contributed by atoms with van der Waals surface area (Å²) >= 11 is 0. The zero-order valence-electron chi connectivity index (χ0n) is 12.2. The molecule has 9 heteroatoms. The summed E-state index contributed by atoms with van der Waals surface area (Å²) < 4.78 is 36.2. The van der Waals surface area contributed by atoms with Crippen LogP contribution in [0.5, 0.6) is 5.75 Å². The molecule has 1 rings (SSSR count). The van der Waals surface area contributed by atoms with Gasteiger partial charge < -0.3 is 14.6 Å². The van der Waals surface area contributed by atoms with Crippen molar-refractivity contribution in [2.24, 2.45) is 0 Å². The van der Waals surface area contributed by atoms with E-state index < -0.39 is 22.0 Å². The number of hydrogen-bond donors (Lipinski definition) is 2. The highest BCUT2D eigenvalue weighted by atomic mass is 32.2. The van der Waals surface area contributed by atoms with E-state index in [0.717, 1.165) is 6.07 Å². The van der Waals surface area contributed by atoms with Gasteiger partial charge in [0.2, 0.25) is 10.0 Å². The number of carboxylic acids is 1. The molecule has 122 valence electrons. The number of benzene rings is 1. The van der Waals surface area contributed by atoms with Crippen LogP contribution in [0.15, 0.2) is 23.1 Å². The van der Waals surface area contributed by atoms with E-state index in [4.69, 9.17) is 9.84 Å². The van der Waals surface area contributed by atoms with Crippen molar-refractivity contribution in [3.8, 4) is 5.75 Å². The number of carbonyl (C=O) groups is 2. The van der Waals surface area contributed by atoms with Crippen molar-refractivity contribution in [3.63, 3.8) is 0 Å². The highest BCUT2D eigenvalue weighted by molar-refractivity contribution is 7.89. The van der Waals surface area contributed by atoms with Crippen molar-refractivity contribution >= 4 is 22.0 Å². The lowest BCUT2D eigenvalue weighted by molar-refractivity contribution is -0.137. The minimum absolute atomic E-state index is 0.0414. The van der Waals surface area contributed by atoms with E-state index in [2.05, 4.69) is 9.46 Å². The van der Waals surface area contributed by atoms with E-state index in [-0.39, 0.29) is 35.6 Å². The fourth-order valence-corrected chi connectivity index (χ4v) is 2.92. The first-order valence-electron chi connectivity index (χ1n) is 6.29. The maximum atomic E-state index is 12.2. The van der Waals surface area contributed by atoms with E-state index in [1.807, 2.05) is 0 Å². The predicted molar refractivity (Wildman–Crippen MR) is 76.4 cm³/mol. The molecule has 0 aromatic heterocycles. The Bertz CT molecular complexity index is 654. The number of aliphatic carboxylic acids is 1. The number of esters is 1. The topological polar surface area (TPSA) is 119 Å². The fourth-order valence-electron chi connectivity index (χ4n) is 1.66. The number of methoxy groups -OCH3 is 2. The second-order valence-corrected chi connectivity index (χ2v) is 5.99. The van der Waals surface area contributed by atoms with Crippen LogP contribution in [0.3, 0.4) is 0 Å². The molecule has 1 aromatic rings. The summed E-state index contributed by atoms with van der Waals surface area (Å²) in [4.78, 5) is 21.7. The standard InChI is InChI=1S/C13H17NO7S/c1-20-10-6-5-9(13(17)21-2)8-11(10)22(18,19)14-7-3-4-12(15)16/h5-6,8,14H,3-4,7H2,1-2H3,(H,15,16). The van der Waals surface area contributed by atoms with Crippen LogP contribution < -0.4 is 9.46 Å². The SMILES string of the molecule is COC(=O)c1ccc(OC)c(S(=O)(=O)NCCCC(=O)O)c1. The predicted octanol–water partition coefficient (Wildman–Crippen LogP) is 0.625. The quantitative estimate of drug-likeness (QED) is 0.529. The number of carbonyl (C=O) groups excluding carboxylic acids is 1. The summed E-state index contributed by atoms with van der Waals surface area (Å²) in [5.41, 5.74) is 0.0641. The lowest BCUT2D eigenvalue weighted by Gasteiger charge is -2.11. The average molecular weight is 331 g/mol. The van der Waals surface area contributed by atoms with Crippen LogP contribution in [-0.2, 0) is 19.6 Å². The molecule has 0 atom stereocenters. The van der Waals surface area contributed by atoms with Gasteiger partial charge in [0.25, 0.3) is 0 Å². The summed E-state index contributed by atoms with van der Waals surface area (Å²) in [5, 5.41) is 8.52. The van der Waals surface area contributed by atoms with Crippen molar-refractivity contribution in [2.75, 3.05) is 20.8 Å². The smallest absolute Gasteiger partial charge is 0.337 e.